The topological polar surface area (TPSA) is 118 Å². The predicted molar refractivity (Wildman–Crippen MR) is 126 cm³/mol. The SMILES string of the molecule is CC1CN(C(=O)CON/C2=C\c3cc(O)cc(O)c3C(=O)OCCC=CCCC=C2)CC(C)O1. The minimum absolute atomic E-state index is 0.0449. The number of phenols is 2. The van der Waals surface area contributed by atoms with E-state index in [2.05, 4.69) is 5.48 Å². The monoisotopic (exact) mass is 472 g/mol. The zero-order valence-corrected chi connectivity index (χ0v) is 19.5. The number of fused-ring (bicyclic) bond motifs is 1. The number of carbonyl (C=O) groups is 2. The van der Waals surface area contributed by atoms with E-state index in [-0.39, 0.29) is 48.2 Å². The van der Waals surface area contributed by atoms with Gasteiger partial charge in [0.05, 0.1) is 24.5 Å². The first-order valence-electron chi connectivity index (χ1n) is 11.4. The van der Waals surface area contributed by atoms with Gasteiger partial charge in [0.2, 0.25) is 0 Å². The Bertz CT molecular complexity index is 960. The molecule has 1 amide bonds. The van der Waals surface area contributed by atoms with Crippen molar-refractivity contribution in [2.45, 2.75) is 45.3 Å². The Hall–Kier alpha value is -3.30. The van der Waals surface area contributed by atoms with Gasteiger partial charge in [-0.1, -0.05) is 18.2 Å². The van der Waals surface area contributed by atoms with E-state index in [0.717, 1.165) is 18.9 Å². The van der Waals surface area contributed by atoms with Crippen molar-refractivity contribution in [3.05, 3.63) is 53.3 Å². The van der Waals surface area contributed by atoms with Gasteiger partial charge in [0.25, 0.3) is 5.91 Å². The fourth-order valence-electron chi connectivity index (χ4n) is 3.83. The van der Waals surface area contributed by atoms with Crippen molar-refractivity contribution in [1.29, 1.82) is 0 Å². The van der Waals surface area contributed by atoms with E-state index in [1.165, 1.54) is 12.1 Å². The molecule has 0 saturated carbocycles. The van der Waals surface area contributed by atoms with Crippen molar-refractivity contribution in [3.63, 3.8) is 0 Å². The number of amides is 1. The molecule has 1 aromatic carbocycles. The molecule has 1 fully saturated rings. The molecule has 3 N–H and O–H groups in total. The van der Waals surface area contributed by atoms with Gasteiger partial charge in [-0.3, -0.25) is 15.1 Å². The van der Waals surface area contributed by atoms with E-state index in [9.17, 15) is 19.8 Å². The number of rotatable bonds is 4. The van der Waals surface area contributed by atoms with E-state index in [4.69, 9.17) is 14.3 Å². The third kappa shape index (κ3) is 7.36. The third-order valence-corrected chi connectivity index (χ3v) is 5.29. The van der Waals surface area contributed by atoms with Crippen molar-refractivity contribution in [1.82, 2.24) is 10.4 Å². The van der Waals surface area contributed by atoms with E-state index < -0.39 is 11.7 Å². The summed E-state index contributed by atoms with van der Waals surface area (Å²) in [4.78, 5) is 32.3. The Kier molecular flexibility index (Phi) is 9.12. The normalized spacial score (nSPS) is 23.3. The minimum atomic E-state index is -0.704. The number of benzene rings is 1. The lowest BCUT2D eigenvalue weighted by atomic mass is 10.0. The molecule has 2 unspecified atom stereocenters. The third-order valence-electron chi connectivity index (χ3n) is 5.29. The van der Waals surface area contributed by atoms with Crippen LogP contribution in [0, 0.1) is 0 Å². The summed E-state index contributed by atoms with van der Waals surface area (Å²) in [7, 11) is 0. The largest absolute Gasteiger partial charge is 0.508 e. The maximum absolute atomic E-state index is 12.6. The second kappa shape index (κ2) is 12.2. The van der Waals surface area contributed by atoms with Gasteiger partial charge >= 0.3 is 5.97 Å². The van der Waals surface area contributed by atoms with Crippen LogP contribution in [0.1, 0.15) is 49.0 Å². The minimum Gasteiger partial charge on any atom is -0.508 e. The van der Waals surface area contributed by atoms with Crippen molar-refractivity contribution in [2.24, 2.45) is 0 Å². The fourth-order valence-corrected chi connectivity index (χ4v) is 3.83. The van der Waals surface area contributed by atoms with Crippen LogP contribution in [0.25, 0.3) is 6.08 Å². The number of nitrogens with one attached hydrogen (secondary N) is 1. The average Bonchev–Trinajstić information content (AvgIpc) is 2.76. The number of aromatic hydroxyl groups is 2. The van der Waals surface area contributed by atoms with Crippen LogP contribution in [-0.2, 0) is 19.1 Å². The Labute approximate surface area is 199 Å². The summed E-state index contributed by atoms with van der Waals surface area (Å²) in [5.41, 5.74) is 3.35. The molecular weight excluding hydrogens is 440 g/mol. The number of cyclic esters (lactones) is 1. The number of morpholine rings is 1. The lowest BCUT2D eigenvalue weighted by Gasteiger charge is -2.35. The van der Waals surface area contributed by atoms with Gasteiger partial charge < -0.3 is 24.6 Å². The highest BCUT2D eigenvalue weighted by molar-refractivity contribution is 5.97. The van der Waals surface area contributed by atoms with Crippen LogP contribution in [-0.4, -0.2) is 65.5 Å². The summed E-state index contributed by atoms with van der Waals surface area (Å²) in [5.74, 6) is -1.48. The van der Waals surface area contributed by atoms with Gasteiger partial charge in [-0.05, 0) is 56.9 Å². The van der Waals surface area contributed by atoms with Crippen LogP contribution in [0.5, 0.6) is 11.5 Å². The average molecular weight is 473 g/mol. The number of esters is 1. The lowest BCUT2D eigenvalue weighted by molar-refractivity contribution is -0.149. The maximum Gasteiger partial charge on any atom is 0.342 e. The summed E-state index contributed by atoms with van der Waals surface area (Å²) in [6.07, 6.45) is 11.2. The van der Waals surface area contributed by atoms with Crippen molar-refractivity contribution >= 4 is 18.0 Å². The molecule has 34 heavy (non-hydrogen) atoms. The molecule has 1 aromatic rings. The Morgan fingerprint density at radius 3 is 2.59 bits per heavy atom. The maximum atomic E-state index is 12.6. The summed E-state index contributed by atoms with van der Waals surface area (Å²) >= 11 is 0. The summed E-state index contributed by atoms with van der Waals surface area (Å²) in [6.45, 7) is 4.80. The van der Waals surface area contributed by atoms with Gasteiger partial charge in [0.1, 0.15) is 17.1 Å². The van der Waals surface area contributed by atoms with Crippen LogP contribution in [0.4, 0.5) is 0 Å². The standard InChI is InChI=1S/C25H32N2O7/c1-17-14-27(15-18(2)34-17)23(30)16-33-26-20-9-7-5-3-4-6-8-10-32-25(31)24-19(11-20)12-21(28)13-22(24)29/h4,6-7,9,11-13,17-18,26,28-29H,3,5,8,10,14-16H2,1-2H3/b6-4?,9-7?,20-11-. The van der Waals surface area contributed by atoms with Crippen molar-refractivity contribution in [3.8, 4) is 11.5 Å². The zero-order valence-electron chi connectivity index (χ0n) is 19.5. The Morgan fingerprint density at radius 1 is 1.12 bits per heavy atom. The van der Waals surface area contributed by atoms with Gasteiger partial charge in [0, 0.05) is 19.2 Å². The first kappa shape index (κ1) is 25.3. The van der Waals surface area contributed by atoms with E-state index in [0.29, 0.717) is 25.2 Å². The number of phenolic OH excluding ortho intramolecular Hbond substituents is 2. The van der Waals surface area contributed by atoms with Crippen LogP contribution in [0.15, 0.2) is 42.1 Å². The Morgan fingerprint density at radius 2 is 1.82 bits per heavy atom. The molecule has 0 radical (unpaired) electrons. The zero-order chi connectivity index (χ0) is 24.5. The highest BCUT2D eigenvalue weighted by atomic mass is 16.6. The molecule has 9 heteroatoms. The number of nitrogens with zero attached hydrogens (tertiary/aromatic N) is 1. The molecule has 0 aromatic heterocycles. The number of carbonyl (C=O) groups excluding carboxylic acids is 2. The molecule has 2 heterocycles. The highest BCUT2D eigenvalue weighted by Crippen LogP contribution is 2.29. The number of allylic oxidation sites excluding steroid dienone is 3. The molecule has 2 aliphatic rings. The van der Waals surface area contributed by atoms with Crippen LogP contribution in [0.3, 0.4) is 0 Å². The van der Waals surface area contributed by atoms with Gasteiger partial charge in [0.15, 0.2) is 6.61 Å². The molecule has 2 atom stereocenters. The lowest BCUT2D eigenvalue weighted by Crippen LogP contribution is -2.49. The van der Waals surface area contributed by atoms with E-state index >= 15 is 0 Å². The predicted octanol–water partition coefficient (Wildman–Crippen LogP) is 3.05. The van der Waals surface area contributed by atoms with Gasteiger partial charge in [-0.2, -0.15) is 0 Å². The number of ether oxygens (including phenoxy) is 2. The van der Waals surface area contributed by atoms with Crippen LogP contribution in [0.2, 0.25) is 0 Å². The molecule has 0 bridgehead atoms. The van der Waals surface area contributed by atoms with Crippen LogP contribution < -0.4 is 5.48 Å². The van der Waals surface area contributed by atoms with E-state index in [1.807, 2.05) is 32.1 Å². The van der Waals surface area contributed by atoms with Gasteiger partial charge in [-0.15, -0.1) is 0 Å². The summed E-state index contributed by atoms with van der Waals surface area (Å²) < 4.78 is 10.9. The second-order valence-electron chi connectivity index (χ2n) is 8.35. The second-order valence-corrected chi connectivity index (χ2v) is 8.35. The van der Waals surface area contributed by atoms with E-state index in [1.54, 1.807) is 11.0 Å². The molecular formula is C25H32N2O7. The van der Waals surface area contributed by atoms with Crippen molar-refractivity contribution < 1.29 is 34.1 Å². The first-order chi connectivity index (χ1) is 16.3. The molecule has 3 rings (SSSR count). The number of hydrogen-bond donors (Lipinski definition) is 3. The quantitative estimate of drug-likeness (QED) is 0.348. The van der Waals surface area contributed by atoms with Crippen LogP contribution >= 0.6 is 0 Å². The first-order valence-corrected chi connectivity index (χ1v) is 11.4. The smallest absolute Gasteiger partial charge is 0.342 e. The van der Waals surface area contributed by atoms with Crippen molar-refractivity contribution in [2.75, 3.05) is 26.3 Å². The Balaban J connectivity index is 1.78. The van der Waals surface area contributed by atoms with Gasteiger partial charge in [-0.25, -0.2) is 4.79 Å². The number of hydroxylamine groups is 1. The number of hydrogen-bond acceptors (Lipinski definition) is 8. The summed E-state index contributed by atoms with van der Waals surface area (Å²) in [6, 6.07) is 2.43. The molecule has 184 valence electrons. The highest BCUT2D eigenvalue weighted by Gasteiger charge is 2.26. The molecule has 9 nitrogen and oxygen atoms in total. The molecule has 2 aliphatic heterocycles. The summed E-state index contributed by atoms with van der Waals surface area (Å²) in [5, 5.41) is 20.3. The molecule has 1 saturated heterocycles. The molecule has 0 aliphatic carbocycles. The molecule has 0 spiro atoms. The fraction of sp³-hybridized carbons (Fsp3) is 0.440.